The number of hydrogen-bond donors (Lipinski definition) is 0. The smallest absolute Gasteiger partial charge is 0.276 e. The lowest BCUT2D eigenvalue weighted by molar-refractivity contribution is 0.297. The summed E-state index contributed by atoms with van der Waals surface area (Å²) in [5, 5.41) is 1.42. The average molecular weight is 343 g/mol. The maximum absolute atomic E-state index is 6.88. The molecule has 2 heteroatoms. The van der Waals surface area contributed by atoms with Gasteiger partial charge < -0.3 is 4.43 Å². The van der Waals surface area contributed by atoms with Gasteiger partial charge in [0.15, 0.2) is 0 Å². The summed E-state index contributed by atoms with van der Waals surface area (Å²) in [5.74, 6) is 2.27. The Hall–Kier alpha value is -1.02. The molecule has 0 saturated heterocycles. The molecule has 0 aromatic heterocycles. The first kappa shape index (κ1) is 17.8. The summed E-state index contributed by atoms with van der Waals surface area (Å²) in [6, 6.07) is 10.9. The summed E-state index contributed by atoms with van der Waals surface area (Å²) >= 11 is 0. The van der Waals surface area contributed by atoms with Crippen LogP contribution >= 0.6 is 0 Å². The van der Waals surface area contributed by atoms with Crippen LogP contribution in [0.5, 0.6) is 0 Å². The minimum atomic E-state index is -1.87. The van der Waals surface area contributed by atoms with Crippen molar-refractivity contribution in [1.82, 2.24) is 0 Å². The molecule has 0 unspecified atom stereocenters. The zero-order valence-corrected chi connectivity index (χ0v) is 16.7. The third-order valence-corrected chi connectivity index (χ3v) is 8.38. The van der Waals surface area contributed by atoms with Crippen LogP contribution in [0.2, 0.25) is 13.1 Å². The zero-order valence-electron chi connectivity index (χ0n) is 15.7. The van der Waals surface area contributed by atoms with E-state index in [0.29, 0.717) is 0 Å². The third-order valence-electron chi connectivity index (χ3n) is 5.90. The summed E-state index contributed by atoms with van der Waals surface area (Å²) in [6.45, 7) is 4.74. The molecule has 3 rings (SSSR count). The van der Waals surface area contributed by atoms with Crippen LogP contribution in [0.15, 0.2) is 41.7 Å². The lowest BCUT2D eigenvalue weighted by Crippen LogP contribution is -2.44. The number of benzene rings is 1. The van der Waals surface area contributed by atoms with Crippen molar-refractivity contribution < 1.29 is 4.43 Å². The Morgan fingerprint density at radius 1 is 0.917 bits per heavy atom. The fourth-order valence-electron chi connectivity index (χ4n) is 4.38. The Labute approximate surface area is 149 Å². The molecule has 132 valence electrons. The van der Waals surface area contributed by atoms with Gasteiger partial charge in [0, 0.05) is 6.42 Å². The van der Waals surface area contributed by atoms with Crippen LogP contribution in [0.4, 0.5) is 0 Å². The molecule has 0 bridgehead atoms. The van der Waals surface area contributed by atoms with Crippen molar-refractivity contribution in [1.29, 1.82) is 0 Å². The number of rotatable bonds is 5. The standard InChI is InChI=1S/C22H34OSi/c1-24(2,21-16-10-5-11-17-21)23-22(20-14-8-4-9-15-20)18-19-12-6-3-7-13-19/h5,10-11,16-17,19H,3-4,6-9,12-15,18H2,1-2H3. The van der Waals surface area contributed by atoms with Gasteiger partial charge >= 0.3 is 0 Å². The molecule has 1 nitrogen and oxygen atoms in total. The molecule has 0 spiro atoms. The first-order chi connectivity index (χ1) is 11.6. The van der Waals surface area contributed by atoms with E-state index in [2.05, 4.69) is 43.4 Å². The fraction of sp³-hybridized carbons (Fsp3) is 0.636. The van der Waals surface area contributed by atoms with Crippen molar-refractivity contribution in [2.24, 2.45) is 5.92 Å². The molecule has 0 atom stereocenters. The molecule has 2 fully saturated rings. The Morgan fingerprint density at radius 2 is 1.54 bits per heavy atom. The summed E-state index contributed by atoms with van der Waals surface area (Å²) in [6.07, 6.45) is 15.0. The molecule has 0 heterocycles. The molecule has 0 amide bonds. The summed E-state index contributed by atoms with van der Waals surface area (Å²) in [7, 11) is -1.87. The average Bonchev–Trinajstić information content (AvgIpc) is 2.63. The fourth-order valence-corrected chi connectivity index (χ4v) is 6.33. The Kier molecular flexibility index (Phi) is 6.21. The monoisotopic (exact) mass is 342 g/mol. The lowest BCUT2D eigenvalue weighted by Gasteiger charge is -2.32. The molecular weight excluding hydrogens is 308 g/mol. The highest BCUT2D eigenvalue weighted by Crippen LogP contribution is 2.35. The van der Waals surface area contributed by atoms with Crippen LogP contribution in [-0.2, 0) is 4.43 Å². The van der Waals surface area contributed by atoms with Crippen molar-refractivity contribution in [3.8, 4) is 0 Å². The van der Waals surface area contributed by atoms with E-state index in [0.717, 1.165) is 5.92 Å². The van der Waals surface area contributed by atoms with E-state index in [4.69, 9.17) is 4.43 Å². The highest BCUT2D eigenvalue weighted by molar-refractivity contribution is 6.84. The summed E-state index contributed by atoms with van der Waals surface area (Å²) in [5.41, 5.74) is 1.66. The van der Waals surface area contributed by atoms with Crippen LogP contribution in [0.1, 0.15) is 70.6 Å². The topological polar surface area (TPSA) is 9.23 Å². The van der Waals surface area contributed by atoms with Gasteiger partial charge in [0.25, 0.3) is 8.32 Å². The second kappa shape index (κ2) is 8.38. The summed E-state index contributed by atoms with van der Waals surface area (Å²) < 4.78 is 6.88. The molecule has 1 aromatic carbocycles. The van der Waals surface area contributed by atoms with Gasteiger partial charge in [-0.3, -0.25) is 0 Å². The van der Waals surface area contributed by atoms with Gasteiger partial charge in [0.1, 0.15) is 0 Å². The second-order valence-corrected chi connectivity index (χ2v) is 12.1. The van der Waals surface area contributed by atoms with Gasteiger partial charge in [0.2, 0.25) is 0 Å². The number of allylic oxidation sites excluding steroid dienone is 2. The predicted octanol–water partition coefficient (Wildman–Crippen LogP) is 6.30. The largest absolute Gasteiger partial charge is 0.543 e. The van der Waals surface area contributed by atoms with Crippen LogP contribution in [-0.4, -0.2) is 8.32 Å². The van der Waals surface area contributed by atoms with Crippen molar-refractivity contribution in [2.45, 2.75) is 83.7 Å². The molecular formula is C22H34OSi. The quantitative estimate of drug-likeness (QED) is 0.450. The predicted molar refractivity (Wildman–Crippen MR) is 106 cm³/mol. The zero-order chi connectivity index (χ0) is 16.8. The molecule has 2 saturated carbocycles. The maximum Gasteiger partial charge on any atom is 0.276 e. The molecule has 1 aromatic rings. The van der Waals surface area contributed by atoms with Crippen molar-refractivity contribution in [3.05, 3.63) is 41.7 Å². The molecule has 2 aliphatic carbocycles. The van der Waals surface area contributed by atoms with Gasteiger partial charge in [-0.15, -0.1) is 0 Å². The van der Waals surface area contributed by atoms with Gasteiger partial charge in [0.05, 0.1) is 5.76 Å². The van der Waals surface area contributed by atoms with Crippen molar-refractivity contribution in [3.63, 3.8) is 0 Å². The van der Waals surface area contributed by atoms with Gasteiger partial charge in [-0.05, 0) is 55.5 Å². The van der Waals surface area contributed by atoms with Crippen LogP contribution in [0, 0.1) is 5.92 Å². The molecule has 2 aliphatic rings. The van der Waals surface area contributed by atoms with Gasteiger partial charge in [-0.1, -0.05) is 68.9 Å². The first-order valence-corrected chi connectivity index (χ1v) is 13.0. The lowest BCUT2D eigenvalue weighted by atomic mass is 9.84. The number of hydrogen-bond acceptors (Lipinski definition) is 1. The van der Waals surface area contributed by atoms with E-state index < -0.39 is 8.32 Å². The highest BCUT2D eigenvalue weighted by atomic mass is 28.4. The maximum atomic E-state index is 6.88. The third kappa shape index (κ3) is 4.75. The van der Waals surface area contributed by atoms with Crippen LogP contribution in [0.3, 0.4) is 0 Å². The van der Waals surface area contributed by atoms with Crippen molar-refractivity contribution in [2.75, 3.05) is 0 Å². The van der Waals surface area contributed by atoms with E-state index in [9.17, 15) is 0 Å². The molecule has 0 N–H and O–H groups in total. The van der Waals surface area contributed by atoms with Crippen molar-refractivity contribution >= 4 is 13.5 Å². The van der Waals surface area contributed by atoms with E-state index in [1.807, 2.05) is 0 Å². The van der Waals surface area contributed by atoms with Gasteiger partial charge in [-0.25, -0.2) is 0 Å². The van der Waals surface area contributed by atoms with E-state index in [1.54, 1.807) is 5.57 Å². The normalized spacial score (nSPS) is 20.0. The molecule has 0 aliphatic heterocycles. The van der Waals surface area contributed by atoms with Crippen LogP contribution < -0.4 is 5.19 Å². The van der Waals surface area contributed by atoms with E-state index in [1.165, 1.54) is 81.6 Å². The van der Waals surface area contributed by atoms with Crippen LogP contribution in [0.25, 0.3) is 0 Å². The first-order valence-electron chi connectivity index (χ1n) is 10.1. The SMILES string of the molecule is C[Si](C)(OC(CC1CCCCC1)=C1CCCCC1)c1ccccc1. The van der Waals surface area contributed by atoms with E-state index in [-0.39, 0.29) is 0 Å². The Morgan fingerprint density at radius 3 is 2.21 bits per heavy atom. The second-order valence-electron chi connectivity index (χ2n) is 8.27. The minimum absolute atomic E-state index is 0.865. The highest BCUT2D eigenvalue weighted by Gasteiger charge is 2.30. The Balaban J connectivity index is 1.78. The minimum Gasteiger partial charge on any atom is -0.543 e. The van der Waals surface area contributed by atoms with Gasteiger partial charge in [-0.2, -0.15) is 0 Å². The van der Waals surface area contributed by atoms with E-state index >= 15 is 0 Å². The molecule has 24 heavy (non-hydrogen) atoms. The summed E-state index contributed by atoms with van der Waals surface area (Å²) in [4.78, 5) is 0. The Bertz CT molecular complexity index is 532. The molecule has 0 radical (unpaired) electrons.